The molecule has 3 fully saturated rings. The van der Waals surface area contributed by atoms with Gasteiger partial charge in [0, 0.05) is 50.1 Å². The monoisotopic (exact) mass is 358 g/mol. The van der Waals surface area contributed by atoms with Crippen LogP contribution in [0.1, 0.15) is 24.8 Å². The number of hydrogen-bond donors (Lipinski definition) is 1. The first-order valence-corrected chi connectivity index (χ1v) is 9.94. The van der Waals surface area contributed by atoms with Crippen molar-refractivity contribution in [2.45, 2.75) is 32.2 Å². The summed E-state index contributed by atoms with van der Waals surface area (Å²) in [5.41, 5.74) is 3.23. The molecule has 0 aliphatic carbocycles. The zero-order valence-electron chi connectivity index (χ0n) is 15.7. The molecule has 2 amide bonds. The van der Waals surface area contributed by atoms with E-state index in [9.17, 15) is 4.79 Å². The molecule has 1 N–H and O–H groups in total. The number of ether oxygens (including phenoxy) is 1. The largest absolute Gasteiger partial charge is 0.378 e. The van der Waals surface area contributed by atoms with E-state index in [4.69, 9.17) is 4.74 Å². The molecular weight excluding hydrogens is 328 g/mol. The topological polar surface area (TPSA) is 48.1 Å². The van der Waals surface area contributed by atoms with Gasteiger partial charge in [-0.25, -0.2) is 4.79 Å². The van der Waals surface area contributed by atoms with Crippen LogP contribution in [0.4, 0.5) is 16.2 Å². The van der Waals surface area contributed by atoms with E-state index in [0.29, 0.717) is 6.04 Å². The maximum atomic E-state index is 12.8. The molecule has 3 saturated heterocycles. The Morgan fingerprint density at radius 2 is 1.96 bits per heavy atom. The Labute approximate surface area is 156 Å². The van der Waals surface area contributed by atoms with Crippen molar-refractivity contribution in [3.8, 4) is 0 Å². The summed E-state index contributed by atoms with van der Waals surface area (Å²) in [6.45, 7) is 9.38. The molecule has 142 valence electrons. The average molecular weight is 358 g/mol. The number of carbonyl (C=O) groups excluding carboxylic acids is 1. The molecule has 6 heteroatoms. The van der Waals surface area contributed by atoms with E-state index in [2.05, 4.69) is 34.2 Å². The van der Waals surface area contributed by atoms with Crippen LogP contribution in [0.3, 0.4) is 0 Å². The standard InChI is InChI=1S/C20H30N4O2/c1-16-14-17(23-10-12-26-13-11-23)5-6-19(16)21-20(25)24-9-8-22-7-3-2-4-18(22)15-24/h5-6,14,18H,2-4,7-13,15H2,1H3,(H,21,25). The molecule has 0 radical (unpaired) electrons. The molecule has 4 rings (SSSR count). The summed E-state index contributed by atoms with van der Waals surface area (Å²) in [5, 5.41) is 3.13. The quantitative estimate of drug-likeness (QED) is 0.883. The first-order chi connectivity index (χ1) is 12.7. The maximum Gasteiger partial charge on any atom is 0.321 e. The number of hydrogen-bond acceptors (Lipinski definition) is 4. The van der Waals surface area contributed by atoms with Gasteiger partial charge in [0.2, 0.25) is 0 Å². The Balaban J connectivity index is 1.38. The van der Waals surface area contributed by atoms with E-state index in [-0.39, 0.29) is 6.03 Å². The molecule has 3 aliphatic rings. The maximum absolute atomic E-state index is 12.8. The van der Waals surface area contributed by atoms with Crippen molar-refractivity contribution in [1.29, 1.82) is 0 Å². The van der Waals surface area contributed by atoms with Crippen LogP contribution < -0.4 is 10.2 Å². The van der Waals surface area contributed by atoms with Gasteiger partial charge in [0.25, 0.3) is 0 Å². The van der Waals surface area contributed by atoms with Crippen molar-refractivity contribution in [3.63, 3.8) is 0 Å². The predicted octanol–water partition coefficient (Wildman–Crippen LogP) is 2.53. The molecule has 0 spiro atoms. The SMILES string of the molecule is Cc1cc(N2CCOCC2)ccc1NC(=O)N1CCN2CCCCC2C1. The third-order valence-electron chi connectivity index (χ3n) is 5.95. The molecule has 3 aliphatic heterocycles. The highest BCUT2D eigenvalue weighted by Gasteiger charge is 2.31. The minimum absolute atomic E-state index is 0.0393. The lowest BCUT2D eigenvalue weighted by Crippen LogP contribution is -2.56. The molecule has 0 saturated carbocycles. The highest BCUT2D eigenvalue weighted by molar-refractivity contribution is 5.90. The second-order valence-electron chi connectivity index (χ2n) is 7.66. The van der Waals surface area contributed by atoms with E-state index in [0.717, 1.165) is 57.2 Å². The minimum atomic E-state index is 0.0393. The van der Waals surface area contributed by atoms with Crippen molar-refractivity contribution < 1.29 is 9.53 Å². The van der Waals surface area contributed by atoms with Gasteiger partial charge in [-0.1, -0.05) is 6.42 Å². The Morgan fingerprint density at radius 3 is 2.77 bits per heavy atom. The van der Waals surface area contributed by atoms with Gasteiger partial charge in [0.15, 0.2) is 0 Å². The van der Waals surface area contributed by atoms with E-state index in [1.807, 2.05) is 11.0 Å². The summed E-state index contributed by atoms with van der Waals surface area (Å²) in [6.07, 6.45) is 3.81. The fraction of sp³-hybridized carbons (Fsp3) is 0.650. The third kappa shape index (κ3) is 3.81. The molecule has 26 heavy (non-hydrogen) atoms. The van der Waals surface area contributed by atoms with Gasteiger partial charge >= 0.3 is 6.03 Å². The number of rotatable bonds is 2. The molecule has 6 nitrogen and oxygen atoms in total. The van der Waals surface area contributed by atoms with Crippen LogP contribution in [0.2, 0.25) is 0 Å². The number of piperazine rings is 1. The van der Waals surface area contributed by atoms with Crippen molar-refractivity contribution in [3.05, 3.63) is 23.8 Å². The van der Waals surface area contributed by atoms with E-state index >= 15 is 0 Å². The van der Waals surface area contributed by atoms with Gasteiger partial charge in [0.05, 0.1) is 13.2 Å². The molecule has 3 heterocycles. The van der Waals surface area contributed by atoms with Crippen molar-refractivity contribution >= 4 is 17.4 Å². The van der Waals surface area contributed by atoms with Crippen molar-refractivity contribution in [2.75, 3.05) is 62.7 Å². The van der Waals surface area contributed by atoms with Crippen molar-refractivity contribution in [1.82, 2.24) is 9.80 Å². The van der Waals surface area contributed by atoms with Crippen LogP contribution in [0.15, 0.2) is 18.2 Å². The van der Waals surface area contributed by atoms with Crippen LogP contribution in [0.25, 0.3) is 0 Å². The Kier molecular flexibility index (Phi) is 5.31. The number of morpholine rings is 1. The average Bonchev–Trinajstić information content (AvgIpc) is 2.69. The zero-order valence-corrected chi connectivity index (χ0v) is 15.7. The number of urea groups is 1. The van der Waals surface area contributed by atoms with Crippen LogP contribution in [-0.2, 0) is 4.74 Å². The van der Waals surface area contributed by atoms with Gasteiger partial charge in [0.1, 0.15) is 0 Å². The van der Waals surface area contributed by atoms with Gasteiger partial charge in [-0.2, -0.15) is 0 Å². The van der Waals surface area contributed by atoms with E-state index < -0.39 is 0 Å². The second-order valence-corrected chi connectivity index (χ2v) is 7.66. The van der Waals surface area contributed by atoms with Gasteiger partial charge in [-0.3, -0.25) is 4.90 Å². The smallest absolute Gasteiger partial charge is 0.321 e. The molecule has 1 aromatic rings. The minimum Gasteiger partial charge on any atom is -0.378 e. The number of aryl methyl sites for hydroxylation is 1. The van der Waals surface area contributed by atoms with Crippen molar-refractivity contribution in [2.24, 2.45) is 0 Å². The van der Waals surface area contributed by atoms with E-state index in [1.54, 1.807) is 0 Å². The number of nitrogens with one attached hydrogen (secondary N) is 1. The fourth-order valence-electron chi connectivity index (χ4n) is 4.34. The molecule has 1 atom stereocenters. The summed E-state index contributed by atoms with van der Waals surface area (Å²) in [7, 11) is 0. The molecule has 0 aromatic heterocycles. The first-order valence-electron chi connectivity index (χ1n) is 9.94. The summed E-state index contributed by atoms with van der Waals surface area (Å²) < 4.78 is 5.43. The molecule has 0 bridgehead atoms. The number of carbonyl (C=O) groups is 1. The van der Waals surface area contributed by atoms with Crippen LogP contribution in [0.5, 0.6) is 0 Å². The Bertz CT molecular complexity index is 645. The predicted molar refractivity (Wildman–Crippen MR) is 104 cm³/mol. The number of benzene rings is 1. The zero-order chi connectivity index (χ0) is 17.9. The number of piperidine rings is 1. The summed E-state index contributed by atoms with van der Waals surface area (Å²) in [6, 6.07) is 6.90. The molecule has 1 aromatic carbocycles. The third-order valence-corrected chi connectivity index (χ3v) is 5.95. The van der Waals surface area contributed by atoms with Gasteiger partial charge < -0.3 is 19.9 Å². The lowest BCUT2D eigenvalue weighted by molar-refractivity contribution is 0.0678. The summed E-state index contributed by atoms with van der Waals surface area (Å²) in [5.74, 6) is 0. The number of anilines is 2. The highest BCUT2D eigenvalue weighted by atomic mass is 16.5. The molecular formula is C20H30N4O2. The Morgan fingerprint density at radius 1 is 1.12 bits per heavy atom. The summed E-state index contributed by atoms with van der Waals surface area (Å²) in [4.78, 5) is 19.6. The highest BCUT2D eigenvalue weighted by Crippen LogP contribution is 2.25. The van der Waals surface area contributed by atoms with Crippen LogP contribution in [0, 0.1) is 6.92 Å². The lowest BCUT2D eigenvalue weighted by atomic mass is 10.00. The van der Waals surface area contributed by atoms with E-state index in [1.165, 1.54) is 31.5 Å². The summed E-state index contributed by atoms with van der Waals surface area (Å²) >= 11 is 0. The number of amides is 2. The molecule has 1 unspecified atom stereocenters. The lowest BCUT2D eigenvalue weighted by Gasteiger charge is -2.43. The van der Waals surface area contributed by atoms with Gasteiger partial charge in [-0.05, 0) is 50.1 Å². The van der Waals surface area contributed by atoms with Crippen LogP contribution in [-0.4, -0.2) is 74.4 Å². The normalized spacial score (nSPS) is 24.3. The second kappa shape index (κ2) is 7.84. The fourth-order valence-corrected chi connectivity index (χ4v) is 4.34. The van der Waals surface area contributed by atoms with Gasteiger partial charge in [-0.15, -0.1) is 0 Å². The Hall–Kier alpha value is -1.79. The number of nitrogens with zero attached hydrogens (tertiary/aromatic N) is 3. The van der Waals surface area contributed by atoms with Crippen LogP contribution >= 0.6 is 0 Å². The first kappa shape index (κ1) is 17.6. The number of fused-ring (bicyclic) bond motifs is 1.